The number of hydrogen-bond acceptors (Lipinski definition) is 5. The van der Waals surface area contributed by atoms with Gasteiger partial charge in [-0.2, -0.15) is 0 Å². The van der Waals surface area contributed by atoms with Crippen LogP contribution in [0.1, 0.15) is 33.3 Å². The van der Waals surface area contributed by atoms with Gasteiger partial charge >= 0.3 is 0 Å². The topological polar surface area (TPSA) is 96.0 Å². The Kier molecular flexibility index (Phi) is 10.1. The molecule has 0 aromatic heterocycles. The van der Waals surface area contributed by atoms with Gasteiger partial charge in [0, 0.05) is 27.7 Å². The normalized spacial score (nSPS) is 12.4. The van der Waals surface area contributed by atoms with Gasteiger partial charge in [-0.15, -0.1) is 0 Å². The highest BCUT2D eigenvalue weighted by Crippen LogP contribution is 2.33. The number of carbonyl (C=O) groups excluding carboxylic acids is 2. The second-order valence-corrected chi connectivity index (χ2v) is 12.8. The number of nitrogens with one attached hydrogen (secondary N) is 1. The molecule has 3 aromatic rings. The highest BCUT2D eigenvalue weighted by molar-refractivity contribution is 7.92. The van der Waals surface area contributed by atoms with Crippen molar-refractivity contribution < 1.29 is 22.7 Å². The summed E-state index contributed by atoms with van der Waals surface area (Å²) in [7, 11) is -2.81. The van der Waals surface area contributed by atoms with Crippen LogP contribution in [0.2, 0.25) is 10.0 Å². The standard InChI is InChI=1S/C29H33Cl2N3O5S/c1-20(28(36)32-29(2,3)4)33(18-22-23(30)14-11-15-24(22)31)27(35)19-34(25-16-9-10-17-26(25)39-5)40(37,38)21-12-7-6-8-13-21/h6-17,20H,18-19H2,1-5H3,(H,32,36)/t20-/m1/s1. The zero-order valence-corrected chi connectivity index (χ0v) is 25.3. The largest absolute Gasteiger partial charge is 0.495 e. The number of sulfonamides is 1. The first kappa shape index (κ1) is 31.3. The van der Waals surface area contributed by atoms with Gasteiger partial charge in [-0.3, -0.25) is 13.9 Å². The summed E-state index contributed by atoms with van der Waals surface area (Å²) in [5.74, 6) is -0.800. The van der Waals surface area contributed by atoms with Crippen LogP contribution in [0.25, 0.3) is 0 Å². The van der Waals surface area contributed by atoms with Crippen molar-refractivity contribution in [1.82, 2.24) is 10.2 Å². The molecule has 0 radical (unpaired) electrons. The summed E-state index contributed by atoms with van der Waals surface area (Å²) in [6, 6.07) is 18.2. The molecule has 0 saturated heterocycles. The van der Waals surface area contributed by atoms with E-state index in [-0.39, 0.29) is 22.9 Å². The summed E-state index contributed by atoms with van der Waals surface area (Å²) < 4.78 is 34.2. The fourth-order valence-electron chi connectivity index (χ4n) is 3.98. The van der Waals surface area contributed by atoms with E-state index in [0.717, 1.165) is 4.31 Å². The molecule has 0 heterocycles. The molecule has 40 heavy (non-hydrogen) atoms. The molecule has 0 bridgehead atoms. The predicted octanol–water partition coefficient (Wildman–Crippen LogP) is 5.53. The zero-order valence-electron chi connectivity index (χ0n) is 23.0. The van der Waals surface area contributed by atoms with Crippen LogP contribution in [0.3, 0.4) is 0 Å². The molecule has 1 atom stereocenters. The molecule has 0 saturated carbocycles. The van der Waals surface area contributed by atoms with Gasteiger partial charge in [0.2, 0.25) is 11.8 Å². The number of rotatable bonds is 10. The lowest BCUT2D eigenvalue weighted by atomic mass is 10.1. The average Bonchev–Trinajstić information content (AvgIpc) is 2.90. The summed E-state index contributed by atoms with van der Waals surface area (Å²) in [4.78, 5) is 28.5. The maximum atomic E-state index is 14.1. The number of amides is 2. The van der Waals surface area contributed by atoms with Crippen molar-refractivity contribution in [3.63, 3.8) is 0 Å². The lowest BCUT2D eigenvalue weighted by Gasteiger charge is -2.34. The number of ether oxygens (including phenoxy) is 1. The summed E-state index contributed by atoms with van der Waals surface area (Å²) in [6.45, 7) is 6.30. The van der Waals surface area contributed by atoms with E-state index in [1.807, 2.05) is 20.8 Å². The number of anilines is 1. The molecule has 2 amide bonds. The smallest absolute Gasteiger partial charge is 0.264 e. The van der Waals surface area contributed by atoms with Crippen molar-refractivity contribution in [2.45, 2.75) is 50.7 Å². The minimum atomic E-state index is -4.23. The summed E-state index contributed by atoms with van der Waals surface area (Å²) >= 11 is 12.8. The molecule has 0 aliphatic heterocycles. The Morgan fingerprint density at radius 2 is 1.50 bits per heavy atom. The van der Waals surface area contributed by atoms with Crippen molar-refractivity contribution in [3.8, 4) is 5.75 Å². The third-order valence-electron chi connectivity index (χ3n) is 6.02. The van der Waals surface area contributed by atoms with Crippen LogP contribution in [0.4, 0.5) is 5.69 Å². The Balaban J connectivity index is 2.10. The molecular formula is C29H33Cl2N3O5S. The van der Waals surface area contributed by atoms with Crippen LogP contribution < -0.4 is 14.4 Å². The van der Waals surface area contributed by atoms with Gasteiger partial charge in [-0.1, -0.05) is 59.6 Å². The van der Waals surface area contributed by atoms with Gasteiger partial charge in [0.25, 0.3) is 10.0 Å². The number of benzene rings is 3. The van der Waals surface area contributed by atoms with E-state index >= 15 is 0 Å². The molecule has 214 valence electrons. The van der Waals surface area contributed by atoms with Crippen LogP contribution in [0, 0.1) is 0 Å². The van der Waals surface area contributed by atoms with E-state index in [0.29, 0.717) is 15.6 Å². The van der Waals surface area contributed by atoms with Crippen molar-refractivity contribution in [2.24, 2.45) is 0 Å². The highest BCUT2D eigenvalue weighted by Gasteiger charge is 2.34. The van der Waals surface area contributed by atoms with Crippen LogP contribution in [-0.2, 0) is 26.2 Å². The summed E-state index contributed by atoms with van der Waals surface area (Å²) in [6.07, 6.45) is 0. The molecule has 0 fully saturated rings. The van der Waals surface area contributed by atoms with Gasteiger partial charge in [0.15, 0.2) is 0 Å². The average molecular weight is 607 g/mol. The molecular weight excluding hydrogens is 573 g/mol. The fraction of sp³-hybridized carbons (Fsp3) is 0.310. The van der Waals surface area contributed by atoms with E-state index in [9.17, 15) is 18.0 Å². The number of methoxy groups -OCH3 is 1. The number of nitrogens with zero attached hydrogens (tertiary/aromatic N) is 2. The Labute approximate surface area is 245 Å². The van der Waals surface area contributed by atoms with Crippen LogP contribution in [-0.4, -0.2) is 50.4 Å². The maximum Gasteiger partial charge on any atom is 0.264 e. The second-order valence-electron chi connectivity index (χ2n) is 10.1. The number of carbonyl (C=O) groups is 2. The van der Waals surface area contributed by atoms with Crippen molar-refractivity contribution in [3.05, 3.63) is 88.4 Å². The summed E-state index contributed by atoms with van der Waals surface area (Å²) in [5.41, 5.74) is 0.0384. The molecule has 0 unspecified atom stereocenters. The first-order valence-corrected chi connectivity index (χ1v) is 14.7. The number of para-hydroxylation sites is 2. The van der Waals surface area contributed by atoms with Crippen LogP contribution in [0.15, 0.2) is 77.7 Å². The van der Waals surface area contributed by atoms with Crippen molar-refractivity contribution in [1.29, 1.82) is 0 Å². The molecule has 0 spiro atoms. The van der Waals surface area contributed by atoms with E-state index < -0.39 is 40.0 Å². The Morgan fingerprint density at radius 3 is 2.08 bits per heavy atom. The van der Waals surface area contributed by atoms with E-state index in [4.69, 9.17) is 27.9 Å². The Hall–Kier alpha value is -3.27. The second kappa shape index (κ2) is 12.9. The molecule has 0 aliphatic rings. The van der Waals surface area contributed by atoms with E-state index in [2.05, 4.69) is 5.32 Å². The minimum Gasteiger partial charge on any atom is -0.495 e. The SMILES string of the molecule is COc1ccccc1N(CC(=O)N(Cc1c(Cl)cccc1Cl)[C@H](C)C(=O)NC(C)(C)C)S(=O)(=O)c1ccccc1. The lowest BCUT2D eigenvalue weighted by Crippen LogP contribution is -2.54. The predicted molar refractivity (Wildman–Crippen MR) is 158 cm³/mol. The monoisotopic (exact) mass is 605 g/mol. The molecule has 8 nitrogen and oxygen atoms in total. The fourth-order valence-corrected chi connectivity index (χ4v) is 5.94. The maximum absolute atomic E-state index is 14.1. The molecule has 3 rings (SSSR count). The quantitative estimate of drug-likeness (QED) is 0.328. The van der Waals surface area contributed by atoms with E-state index in [1.54, 1.807) is 67.6 Å². The van der Waals surface area contributed by atoms with E-state index in [1.165, 1.54) is 24.1 Å². The van der Waals surface area contributed by atoms with Gasteiger partial charge in [0.05, 0.1) is 17.7 Å². The first-order valence-electron chi connectivity index (χ1n) is 12.5. The zero-order chi connectivity index (χ0) is 29.7. The first-order chi connectivity index (χ1) is 18.8. The van der Waals surface area contributed by atoms with Gasteiger partial charge in [-0.05, 0) is 64.1 Å². The third kappa shape index (κ3) is 7.47. The molecule has 3 aromatic carbocycles. The minimum absolute atomic E-state index is 0.00655. The molecule has 0 aliphatic carbocycles. The van der Waals surface area contributed by atoms with Gasteiger partial charge in [-0.25, -0.2) is 8.42 Å². The lowest BCUT2D eigenvalue weighted by molar-refractivity contribution is -0.140. The summed E-state index contributed by atoms with van der Waals surface area (Å²) in [5, 5.41) is 3.50. The number of hydrogen-bond donors (Lipinski definition) is 1. The van der Waals surface area contributed by atoms with Crippen molar-refractivity contribution in [2.75, 3.05) is 18.0 Å². The van der Waals surface area contributed by atoms with Gasteiger partial charge < -0.3 is 15.0 Å². The Bertz CT molecular complexity index is 1440. The number of halogens is 2. The highest BCUT2D eigenvalue weighted by atomic mass is 35.5. The molecule has 11 heteroatoms. The Morgan fingerprint density at radius 1 is 0.925 bits per heavy atom. The third-order valence-corrected chi connectivity index (χ3v) is 8.50. The van der Waals surface area contributed by atoms with Gasteiger partial charge in [0.1, 0.15) is 18.3 Å². The van der Waals surface area contributed by atoms with Crippen LogP contribution >= 0.6 is 23.2 Å². The van der Waals surface area contributed by atoms with Crippen LogP contribution in [0.5, 0.6) is 5.75 Å². The molecule has 1 N–H and O–H groups in total. The van der Waals surface area contributed by atoms with Crippen molar-refractivity contribution >= 4 is 50.7 Å².